The molecule has 4 rings (SSSR count). The Morgan fingerprint density at radius 3 is 2.41 bits per heavy atom. The number of nitrogens with zero attached hydrogens (tertiary/aromatic N) is 4. The molecule has 2 N–H and O–H groups in total. The number of aromatic amines is 1. The molecule has 10 heteroatoms. The third kappa shape index (κ3) is 4.21. The Kier molecular flexibility index (Phi) is 5.70. The summed E-state index contributed by atoms with van der Waals surface area (Å²) < 4.78 is 35.5. The highest BCUT2D eigenvalue weighted by Crippen LogP contribution is 2.42. The first kappa shape index (κ1) is 22.6. The van der Waals surface area contributed by atoms with E-state index in [0.717, 1.165) is 12.8 Å². The summed E-state index contributed by atoms with van der Waals surface area (Å²) in [5, 5.41) is 19.5. The van der Waals surface area contributed by atoms with Crippen molar-refractivity contribution in [2.45, 2.75) is 57.7 Å². The standard InChI is InChI=1S/C22H28F2N6OS/c1-21(2)8-13(9-22(3,4)29-21)30(5)20-28-27-19(32-20)16-15(31-6)7-14(17(23)18(16)24)12-10-25-26-11-12/h7,10-11,13,29H,8-9H2,1-6H3,(H,25,26). The van der Waals surface area contributed by atoms with E-state index in [9.17, 15) is 4.39 Å². The fraction of sp³-hybridized carbons (Fsp3) is 0.500. The molecule has 1 saturated heterocycles. The maximum atomic E-state index is 15.2. The first-order valence-corrected chi connectivity index (χ1v) is 11.2. The van der Waals surface area contributed by atoms with Crippen LogP contribution in [-0.2, 0) is 0 Å². The lowest BCUT2D eigenvalue weighted by Crippen LogP contribution is -2.61. The number of piperidine rings is 1. The Balaban J connectivity index is 1.69. The minimum atomic E-state index is -1.02. The SMILES string of the molecule is COc1cc(-c2cn[nH]c2)c(F)c(F)c1-c1nnc(N(C)C2CC(C)(C)NC(C)(C)C2)s1. The highest BCUT2D eigenvalue weighted by Gasteiger charge is 2.40. The van der Waals surface area contributed by atoms with Crippen molar-refractivity contribution in [2.75, 3.05) is 19.1 Å². The molecular weight excluding hydrogens is 434 g/mol. The second-order valence-corrected chi connectivity index (χ2v) is 10.5. The molecule has 0 saturated carbocycles. The minimum absolute atomic E-state index is 0.0274. The smallest absolute Gasteiger partial charge is 0.208 e. The Morgan fingerprint density at radius 2 is 1.81 bits per heavy atom. The largest absolute Gasteiger partial charge is 0.496 e. The van der Waals surface area contributed by atoms with Crippen LogP contribution in [0.3, 0.4) is 0 Å². The van der Waals surface area contributed by atoms with Crippen LogP contribution in [0.15, 0.2) is 18.5 Å². The second kappa shape index (κ2) is 8.08. The summed E-state index contributed by atoms with van der Waals surface area (Å²) in [6.45, 7) is 8.74. The van der Waals surface area contributed by atoms with E-state index in [1.54, 1.807) is 0 Å². The number of H-pyrrole nitrogens is 1. The molecule has 32 heavy (non-hydrogen) atoms. The van der Waals surface area contributed by atoms with Gasteiger partial charge in [0, 0.05) is 41.5 Å². The summed E-state index contributed by atoms with van der Waals surface area (Å²) >= 11 is 1.22. The van der Waals surface area contributed by atoms with E-state index < -0.39 is 11.6 Å². The summed E-state index contributed by atoms with van der Waals surface area (Å²) in [6, 6.07) is 1.69. The lowest BCUT2D eigenvalue weighted by Gasteiger charge is -2.48. The molecule has 0 unspecified atom stereocenters. The number of hydrogen-bond donors (Lipinski definition) is 2. The Hall–Kier alpha value is -2.59. The number of halogens is 2. The number of benzene rings is 1. The van der Waals surface area contributed by atoms with Crippen LogP contribution in [0.5, 0.6) is 5.75 Å². The molecular formula is C22H28F2N6OS. The van der Waals surface area contributed by atoms with Crippen molar-refractivity contribution < 1.29 is 13.5 Å². The molecule has 0 bridgehead atoms. The van der Waals surface area contributed by atoms with Gasteiger partial charge in [-0.05, 0) is 46.6 Å². The maximum Gasteiger partial charge on any atom is 0.208 e. The summed E-state index contributed by atoms with van der Waals surface area (Å²) in [5.41, 5.74) is 0.406. The van der Waals surface area contributed by atoms with Crippen LogP contribution >= 0.6 is 11.3 Å². The number of methoxy groups -OCH3 is 1. The highest BCUT2D eigenvalue weighted by atomic mass is 32.1. The first-order chi connectivity index (χ1) is 15.0. The molecule has 0 atom stereocenters. The normalized spacial score (nSPS) is 18.0. The molecule has 0 radical (unpaired) electrons. The second-order valence-electron chi connectivity index (χ2n) is 9.57. The molecule has 1 aliphatic heterocycles. The number of nitrogens with one attached hydrogen (secondary N) is 2. The van der Waals surface area contributed by atoms with Gasteiger partial charge in [0.1, 0.15) is 5.75 Å². The molecule has 2 aromatic heterocycles. The van der Waals surface area contributed by atoms with Gasteiger partial charge < -0.3 is 15.0 Å². The highest BCUT2D eigenvalue weighted by molar-refractivity contribution is 7.18. The van der Waals surface area contributed by atoms with Crippen LogP contribution in [0, 0.1) is 11.6 Å². The zero-order valence-corrected chi connectivity index (χ0v) is 19.9. The topological polar surface area (TPSA) is 79.0 Å². The molecule has 0 aliphatic carbocycles. The van der Waals surface area contributed by atoms with Crippen LogP contribution in [-0.4, -0.2) is 51.7 Å². The van der Waals surface area contributed by atoms with Crippen molar-refractivity contribution in [3.05, 3.63) is 30.1 Å². The van der Waals surface area contributed by atoms with E-state index in [1.165, 1.54) is 36.9 Å². The monoisotopic (exact) mass is 462 g/mol. The molecule has 1 aromatic carbocycles. The zero-order chi connectivity index (χ0) is 23.3. The molecule has 1 aliphatic rings. The van der Waals surface area contributed by atoms with Gasteiger partial charge in [-0.15, -0.1) is 10.2 Å². The summed E-state index contributed by atoms with van der Waals surface area (Å²) in [4.78, 5) is 2.09. The predicted molar refractivity (Wildman–Crippen MR) is 122 cm³/mol. The van der Waals surface area contributed by atoms with Gasteiger partial charge in [0.05, 0.1) is 18.9 Å². The predicted octanol–water partition coefficient (Wildman–Crippen LogP) is 4.63. The Morgan fingerprint density at radius 1 is 1.12 bits per heavy atom. The molecule has 1 fully saturated rings. The quantitative estimate of drug-likeness (QED) is 0.576. The van der Waals surface area contributed by atoms with Gasteiger partial charge in [-0.2, -0.15) is 5.10 Å². The van der Waals surface area contributed by atoms with Crippen molar-refractivity contribution in [2.24, 2.45) is 0 Å². The summed E-state index contributed by atoms with van der Waals surface area (Å²) in [6.07, 6.45) is 4.77. The third-order valence-corrected chi connectivity index (χ3v) is 6.88. The van der Waals surface area contributed by atoms with Crippen LogP contribution in [0.1, 0.15) is 40.5 Å². The van der Waals surface area contributed by atoms with Crippen molar-refractivity contribution in [3.63, 3.8) is 0 Å². The van der Waals surface area contributed by atoms with Crippen molar-refractivity contribution in [1.82, 2.24) is 25.7 Å². The van der Waals surface area contributed by atoms with E-state index in [1.807, 2.05) is 7.05 Å². The van der Waals surface area contributed by atoms with E-state index in [0.29, 0.717) is 10.7 Å². The fourth-order valence-corrected chi connectivity index (χ4v) is 5.65. The van der Waals surface area contributed by atoms with Gasteiger partial charge >= 0.3 is 0 Å². The first-order valence-electron chi connectivity index (χ1n) is 10.4. The lowest BCUT2D eigenvalue weighted by molar-refractivity contribution is 0.161. The number of ether oxygens (including phenoxy) is 1. The van der Waals surface area contributed by atoms with Crippen molar-refractivity contribution in [1.29, 1.82) is 0 Å². The van der Waals surface area contributed by atoms with Crippen LogP contribution < -0.4 is 15.0 Å². The summed E-state index contributed by atoms with van der Waals surface area (Å²) in [5.74, 6) is -1.81. The maximum absolute atomic E-state index is 15.2. The van der Waals surface area contributed by atoms with Gasteiger partial charge in [-0.1, -0.05) is 11.3 Å². The van der Waals surface area contributed by atoms with E-state index in [4.69, 9.17) is 4.74 Å². The molecule has 3 heterocycles. The van der Waals surface area contributed by atoms with Crippen LogP contribution in [0.25, 0.3) is 21.7 Å². The zero-order valence-electron chi connectivity index (χ0n) is 19.1. The van der Waals surface area contributed by atoms with Gasteiger partial charge in [-0.25, -0.2) is 8.78 Å². The van der Waals surface area contributed by atoms with Crippen molar-refractivity contribution >= 4 is 16.5 Å². The van der Waals surface area contributed by atoms with Gasteiger partial charge in [0.15, 0.2) is 16.6 Å². The average molecular weight is 463 g/mol. The molecule has 172 valence electrons. The fourth-order valence-electron chi connectivity index (χ4n) is 4.73. The number of rotatable bonds is 5. The van der Waals surface area contributed by atoms with Gasteiger partial charge in [0.2, 0.25) is 5.13 Å². The van der Waals surface area contributed by atoms with Crippen LogP contribution in [0.4, 0.5) is 13.9 Å². The number of anilines is 1. The Bertz CT molecular complexity index is 1100. The molecule has 7 nitrogen and oxygen atoms in total. The molecule has 0 spiro atoms. The van der Waals surface area contributed by atoms with E-state index >= 15 is 4.39 Å². The van der Waals surface area contributed by atoms with Gasteiger partial charge in [0.25, 0.3) is 0 Å². The third-order valence-electron chi connectivity index (χ3n) is 5.85. The number of aromatic nitrogens is 4. The van der Waals surface area contributed by atoms with Gasteiger partial charge in [-0.3, -0.25) is 5.10 Å². The summed E-state index contributed by atoms with van der Waals surface area (Å²) in [7, 11) is 3.39. The Labute approximate surface area is 190 Å². The minimum Gasteiger partial charge on any atom is -0.496 e. The average Bonchev–Trinajstić information content (AvgIpc) is 3.39. The lowest BCUT2D eigenvalue weighted by atomic mass is 9.79. The molecule has 0 amide bonds. The van der Waals surface area contributed by atoms with E-state index in [-0.39, 0.29) is 39.0 Å². The molecule has 3 aromatic rings. The number of hydrogen-bond acceptors (Lipinski definition) is 7. The van der Waals surface area contributed by atoms with E-state index in [2.05, 4.69) is 58.3 Å². The van der Waals surface area contributed by atoms with Crippen molar-refractivity contribution in [3.8, 4) is 27.4 Å². The van der Waals surface area contributed by atoms with Crippen LogP contribution in [0.2, 0.25) is 0 Å².